The number of benzene rings is 2. The van der Waals surface area contributed by atoms with Gasteiger partial charge in [0.1, 0.15) is 0 Å². The first-order valence-electron chi connectivity index (χ1n) is 9.91. The summed E-state index contributed by atoms with van der Waals surface area (Å²) in [7, 11) is -2.04. The third-order valence-electron chi connectivity index (χ3n) is 5.08. The van der Waals surface area contributed by atoms with Crippen molar-refractivity contribution in [1.82, 2.24) is 19.3 Å². The van der Waals surface area contributed by atoms with Crippen LogP contribution in [0, 0.1) is 20.8 Å². The van der Waals surface area contributed by atoms with Crippen LogP contribution in [0.2, 0.25) is 0 Å². The zero-order chi connectivity index (χ0) is 22.9. The van der Waals surface area contributed by atoms with Crippen LogP contribution in [-0.4, -0.2) is 46.7 Å². The second kappa shape index (κ2) is 8.60. The number of hydrogen-bond donors (Lipinski definition) is 1. The van der Waals surface area contributed by atoms with Gasteiger partial charge in [-0.05, 0) is 70.5 Å². The Labute approximate surface area is 182 Å². The summed E-state index contributed by atoms with van der Waals surface area (Å²) in [6.45, 7) is 9.31. The number of aryl methyl sites for hydroxylation is 3. The first-order valence-corrected chi connectivity index (χ1v) is 11.4. The van der Waals surface area contributed by atoms with Crippen LogP contribution in [0.5, 0.6) is 0 Å². The molecule has 0 saturated heterocycles. The van der Waals surface area contributed by atoms with E-state index in [1.807, 2.05) is 32.0 Å². The predicted molar refractivity (Wildman–Crippen MR) is 120 cm³/mol. The zero-order valence-corrected chi connectivity index (χ0v) is 19.4. The number of rotatable bonds is 6. The highest BCUT2D eigenvalue weighted by atomic mass is 32.2. The molecule has 0 atom stereocenters. The summed E-state index contributed by atoms with van der Waals surface area (Å²) < 4.78 is 26.5. The topological polar surface area (TPSA) is 97.2 Å². The van der Waals surface area contributed by atoms with E-state index in [0.29, 0.717) is 11.4 Å². The van der Waals surface area contributed by atoms with E-state index in [1.54, 1.807) is 32.9 Å². The van der Waals surface area contributed by atoms with Crippen molar-refractivity contribution in [3.63, 3.8) is 0 Å². The van der Waals surface area contributed by atoms with Gasteiger partial charge in [-0.2, -0.15) is 14.2 Å². The lowest BCUT2D eigenvalue weighted by Gasteiger charge is -2.21. The van der Waals surface area contributed by atoms with Crippen molar-refractivity contribution < 1.29 is 13.2 Å². The average molecular weight is 442 g/mol. The fraction of sp³-hybridized carbons (Fsp3) is 0.318. The second-order valence-electron chi connectivity index (χ2n) is 7.81. The van der Waals surface area contributed by atoms with Crippen LogP contribution in [0.1, 0.15) is 41.2 Å². The molecule has 1 aromatic heterocycles. The van der Waals surface area contributed by atoms with Crippen molar-refractivity contribution in [3.05, 3.63) is 65.0 Å². The molecule has 31 heavy (non-hydrogen) atoms. The molecule has 0 bridgehead atoms. The molecule has 0 aliphatic heterocycles. The van der Waals surface area contributed by atoms with Gasteiger partial charge in [-0.15, -0.1) is 5.10 Å². The highest BCUT2D eigenvalue weighted by molar-refractivity contribution is 7.89. The first kappa shape index (κ1) is 22.6. The van der Waals surface area contributed by atoms with E-state index in [0.717, 1.165) is 16.8 Å². The van der Waals surface area contributed by atoms with Crippen molar-refractivity contribution in [3.8, 4) is 5.69 Å². The summed E-state index contributed by atoms with van der Waals surface area (Å²) in [4.78, 5) is 14.4. The summed E-state index contributed by atoms with van der Waals surface area (Å²) in [5.74, 6) is -0.413. The number of carbonyl (C=O) groups excluding carboxylic acids is 1. The van der Waals surface area contributed by atoms with E-state index in [1.165, 1.54) is 28.3 Å². The van der Waals surface area contributed by atoms with Crippen LogP contribution in [0.15, 0.2) is 47.4 Å². The molecule has 0 unspecified atom stereocenters. The number of nitrogens with zero attached hydrogens (tertiary/aromatic N) is 4. The number of nitrogens with one attached hydrogen (secondary N) is 1. The van der Waals surface area contributed by atoms with Crippen LogP contribution in [0.4, 0.5) is 5.69 Å². The normalized spacial score (nSPS) is 11.9. The van der Waals surface area contributed by atoms with Crippen LogP contribution in [0.25, 0.3) is 5.69 Å². The molecule has 1 N–H and O–H groups in total. The lowest BCUT2D eigenvalue weighted by Crippen LogP contribution is -2.33. The number of sulfonamides is 1. The Morgan fingerprint density at radius 3 is 2.26 bits per heavy atom. The van der Waals surface area contributed by atoms with E-state index < -0.39 is 15.9 Å². The number of hydrogen-bond acceptors (Lipinski definition) is 5. The Kier molecular flexibility index (Phi) is 6.28. The van der Waals surface area contributed by atoms with Crippen molar-refractivity contribution in [2.75, 3.05) is 12.4 Å². The molecule has 164 valence electrons. The Morgan fingerprint density at radius 2 is 1.68 bits per heavy atom. The molecule has 8 nitrogen and oxygen atoms in total. The molecule has 3 rings (SSSR count). The summed E-state index contributed by atoms with van der Waals surface area (Å²) in [5.41, 5.74) is 4.11. The maximum absolute atomic E-state index is 12.7. The molecule has 1 amide bonds. The minimum Gasteiger partial charge on any atom is -0.321 e. The highest BCUT2D eigenvalue weighted by Crippen LogP contribution is 2.20. The molecule has 0 aliphatic carbocycles. The Balaban J connectivity index is 1.80. The Morgan fingerprint density at radius 1 is 1.03 bits per heavy atom. The molecule has 1 heterocycles. The second-order valence-corrected chi connectivity index (χ2v) is 9.80. The summed E-state index contributed by atoms with van der Waals surface area (Å²) in [6, 6.07) is 11.8. The van der Waals surface area contributed by atoms with Crippen LogP contribution < -0.4 is 5.32 Å². The highest BCUT2D eigenvalue weighted by Gasteiger charge is 2.23. The lowest BCUT2D eigenvalue weighted by molar-refractivity contribution is 0.102. The van der Waals surface area contributed by atoms with Gasteiger partial charge in [0.2, 0.25) is 10.0 Å². The molecule has 2 aromatic carbocycles. The Hall–Kier alpha value is -3.04. The zero-order valence-electron chi connectivity index (χ0n) is 18.5. The largest absolute Gasteiger partial charge is 0.321 e. The van der Waals surface area contributed by atoms with Gasteiger partial charge in [-0.3, -0.25) is 4.79 Å². The van der Waals surface area contributed by atoms with E-state index in [9.17, 15) is 13.2 Å². The molecule has 0 aliphatic rings. The molecule has 0 spiro atoms. The predicted octanol–water partition coefficient (Wildman–Crippen LogP) is 3.47. The molecular formula is C22H27N5O3S. The third kappa shape index (κ3) is 4.67. The molecule has 0 fully saturated rings. The van der Waals surface area contributed by atoms with Gasteiger partial charge in [-0.1, -0.05) is 17.7 Å². The van der Waals surface area contributed by atoms with E-state index in [4.69, 9.17) is 0 Å². The fourth-order valence-electron chi connectivity index (χ4n) is 3.07. The van der Waals surface area contributed by atoms with Crippen molar-refractivity contribution in [2.45, 2.75) is 45.6 Å². The monoisotopic (exact) mass is 441 g/mol. The van der Waals surface area contributed by atoms with E-state index in [2.05, 4.69) is 15.5 Å². The van der Waals surface area contributed by atoms with Crippen LogP contribution in [0.3, 0.4) is 0 Å². The van der Waals surface area contributed by atoms with Gasteiger partial charge >= 0.3 is 0 Å². The number of carbonyl (C=O) groups is 1. The van der Waals surface area contributed by atoms with Gasteiger partial charge in [0.25, 0.3) is 5.91 Å². The van der Waals surface area contributed by atoms with Gasteiger partial charge < -0.3 is 5.32 Å². The maximum atomic E-state index is 12.7. The van der Waals surface area contributed by atoms with Crippen molar-refractivity contribution >= 4 is 21.6 Å². The van der Waals surface area contributed by atoms with Crippen molar-refractivity contribution in [1.29, 1.82) is 0 Å². The minimum atomic E-state index is -3.58. The maximum Gasteiger partial charge on any atom is 0.278 e. The standard InChI is InChI=1S/C22H27N5O3S/c1-14(2)26(6)31(29,30)19-10-8-18(9-11-19)23-22(28)21-17(5)24-27(25-21)20-12-7-15(3)13-16(20)4/h7-14H,1-6H3,(H,23,28). The fourth-order valence-corrected chi connectivity index (χ4v) is 4.44. The molecular weight excluding hydrogens is 414 g/mol. The Bertz CT molecular complexity index is 1210. The van der Waals surface area contributed by atoms with Gasteiger partial charge in [-0.25, -0.2) is 8.42 Å². The quantitative estimate of drug-likeness (QED) is 0.632. The van der Waals surface area contributed by atoms with Gasteiger partial charge in [0.15, 0.2) is 5.69 Å². The molecule has 3 aromatic rings. The number of amides is 1. The van der Waals surface area contributed by atoms with Gasteiger partial charge in [0, 0.05) is 18.8 Å². The SMILES string of the molecule is Cc1ccc(-n2nc(C)c(C(=O)Nc3ccc(S(=O)(=O)N(C)C(C)C)cc3)n2)c(C)c1. The van der Waals surface area contributed by atoms with Crippen molar-refractivity contribution in [2.24, 2.45) is 0 Å². The average Bonchev–Trinajstić information content (AvgIpc) is 3.09. The molecule has 0 radical (unpaired) electrons. The summed E-state index contributed by atoms with van der Waals surface area (Å²) >= 11 is 0. The molecule has 9 heteroatoms. The summed E-state index contributed by atoms with van der Waals surface area (Å²) in [5, 5.41) is 11.5. The first-order chi connectivity index (χ1) is 14.5. The number of aromatic nitrogens is 3. The number of anilines is 1. The summed E-state index contributed by atoms with van der Waals surface area (Å²) in [6.07, 6.45) is 0. The van der Waals surface area contributed by atoms with Crippen LogP contribution in [-0.2, 0) is 10.0 Å². The smallest absolute Gasteiger partial charge is 0.278 e. The molecule has 0 saturated carbocycles. The van der Waals surface area contributed by atoms with E-state index >= 15 is 0 Å². The lowest BCUT2D eigenvalue weighted by atomic mass is 10.1. The van der Waals surface area contributed by atoms with Gasteiger partial charge in [0.05, 0.1) is 16.3 Å². The van der Waals surface area contributed by atoms with Crippen LogP contribution >= 0.6 is 0 Å². The minimum absolute atomic E-state index is 0.160. The van der Waals surface area contributed by atoms with E-state index in [-0.39, 0.29) is 16.6 Å². The third-order valence-corrected chi connectivity index (χ3v) is 7.13.